The van der Waals surface area contributed by atoms with Crippen molar-refractivity contribution in [1.29, 1.82) is 0 Å². The molecule has 0 saturated carbocycles. The van der Waals surface area contributed by atoms with Gasteiger partial charge < -0.3 is 22.0 Å². The van der Waals surface area contributed by atoms with Gasteiger partial charge in [0.05, 0.1) is 18.7 Å². The van der Waals surface area contributed by atoms with E-state index in [4.69, 9.17) is 4.74 Å². The van der Waals surface area contributed by atoms with Crippen molar-refractivity contribution in [1.82, 2.24) is 0 Å². The van der Waals surface area contributed by atoms with E-state index in [1.54, 1.807) is 48.5 Å². The molecule has 0 aliphatic rings. The molecule has 0 aliphatic carbocycles. The average molecular weight is 362 g/mol. The Labute approximate surface area is 155 Å². The molecule has 0 fully saturated rings. The molecule has 0 heterocycles. The molecule has 2 rings (SSSR count). The third-order valence-corrected chi connectivity index (χ3v) is 4.12. The summed E-state index contributed by atoms with van der Waals surface area (Å²) in [7, 11) is 0. The number of esters is 1. The van der Waals surface area contributed by atoms with Crippen molar-refractivity contribution in [2.75, 3.05) is 26.2 Å². The van der Waals surface area contributed by atoms with E-state index in [-0.39, 0.29) is 18.2 Å². The van der Waals surface area contributed by atoms with Crippen molar-refractivity contribution in [2.24, 2.45) is 0 Å². The molecule has 0 saturated heterocycles. The molecule has 0 atom stereocenters. The third-order valence-electron chi connectivity index (χ3n) is 4.12. The van der Waals surface area contributed by atoms with Crippen LogP contribution in [0.4, 0.5) is 0 Å². The van der Waals surface area contributed by atoms with Crippen molar-refractivity contribution < 1.29 is 31.6 Å². The zero-order chi connectivity index (χ0) is 17.4. The summed E-state index contributed by atoms with van der Waals surface area (Å²) >= 11 is 0. The fourth-order valence-electron chi connectivity index (χ4n) is 2.57. The fraction of sp³-hybridized carbons (Fsp3) is 0.300. The maximum absolute atomic E-state index is 12.6. The lowest BCUT2D eigenvalue weighted by atomic mass is 9.98. The predicted octanol–water partition coefficient (Wildman–Crippen LogP) is -0.997. The Kier molecular flexibility index (Phi) is 8.89. The highest BCUT2D eigenvalue weighted by atomic mass is 35.5. The van der Waals surface area contributed by atoms with Crippen LogP contribution < -0.4 is 17.3 Å². The Bertz CT molecular complexity index is 684. The molecule has 1 N–H and O–H groups in total. The van der Waals surface area contributed by atoms with Crippen molar-refractivity contribution in [3.8, 4) is 0 Å². The third kappa shape index (κ3) is 5.69. The average Bonchev–Trinajstić information content (AvgIpc) is 2.65. The number of hydrogen-bond donors (Lipinski definition) is 1. The topological polar surface area (TPSA) is 47.8 Å². The minimum atomic E-state index is -0.443. The summed E-state index contributed by atoms with van der Waals surface area (Å²) in [5.74, 6) is -0.612. The Hall–Kier alpha value is -2.17. The van der Waals surface area contributed by atoms with Gasteiger partial charge in [0.25, 0.3) is 0 Å². The smallest absolute Gasteiger partial charge is 0.339 e. The van der Waals surface area contributed by atoms with Gasteiger partial charge >= 0.3 is 5.97 Å². The molecule has 4 nitrogen and oxygen atoms in total. The molecule has 0 bridgehead atoms. The lowest BCUT2D eigenvalue weighted by molar-refractivity contribution is -0.896. The summed E-state index contributed by atoms with van der Waals surface area (Å²) in [6.07, 6.45) is 0. The van der Waals surface area contributed by atoms with Crippen molar-refractivity contribution in [2.45, 2.75) is 13.8 Å². The van der Waals surface area contributed by atoms with Crippen LogP contribution in [-0.4, -0.2) is 38.0 Å². The van der Waals surface area contributed by atoms with Crippen LogP contribution in [0.1, 0.15) is 40.1 Å². The largest absolute Gasteiger partial charge is 1.00 e. The number of rotatable bonds is 8. The van der Waals surface area contributed by atoms with Gasteiger partial charge in [-0.15, -0.1) is 0 Å². The van der Waals surface area contributed by atoms with Crippen molar-refractivity contribution >= 4 is 11.8 Å². The first-order chi connectivity index (χ1) is 11.7. The molecule has 0 aliphatic heterocycles. The first kappa shape index (κ1) is 20.9. The molecule has 2 aromatic rings. The van der Waals surface area contributed by atoms with Gasteiger partial charge in [0, 0.05) is 11.1 Å². The maximum atomic E-state index is 12.6. The lowest BCUT2D eigenvalue weighted by Crippen LogP contribution is -3.11. The zero-order valence-corrected chi connectivity index (χ0v) is 15.4. The van der Waals surface area contributed by atoms with Crippen LogP contribution in [0.25, 0.3) is 0 Å². The molecule has 0 radical (unpaired) electrons. The standard InChI is InChI=1S/C20H23NO3.ClH/c1-3-21(4-2)14-15-24-20(23)18-13-9-8-12-17(18)19(22)16-10-6-5-7-11-16;/h5-13H,3-4,14-15H2,1-2H3;1H. The van der Waals surface area contributed by atoms with Crippen molar-refractivity contribution in [3.05, 3.63) is 71.3 Å². The number of hydrogen-bond acceptors (Lipinski definition) is 3. The number of benzene rings is 2. The Balaban J connectivity index is 0.00000312. The van der Waals surface area contributed by atoms with E-state index in [2.05, 4.69) is 13.8 Å². The molecule has 0 amide bonds. The van der Waals surface area contributed by atoms with E-state index in [1.165, 1.54) is 4.90 Å². The van der Waals surface area contributed by atoms with Gasteiger partial charge in [0.15, 0.2) is 5.78 Å². The summed E-state index contributed by atoms with van der Waals surface area (Å²) in [6.45, 7) is 7.33. The van der Waals surface area contributed by atoms with Crippen LogP contribution >= 0.6 is 0 Å². The van der Waals surface area contributed by atoms with E-state index in [0.717, 1.165) is 19.6 Å². The number of carbonyl (C=O) groups excluding carboxylic acids is 2. The van der Waals surface area contributed by atoms with Crippen LogP contribution in [-0.2, 0) is 4.74 Å². The minimum Gasteiger partial charge on any atom is -1.00 e. The van der Waals surface area contributed by atoms with Crippen LogP contribution in [0.3, 0.4) is 0 Å². The van der Waals surface area contributed by atoms with Gasteiger partial charge in [-0.2, -0.15) is 0 Å². The second-order valence-electron chi connectivity index (χ2n) is 5.58. The fourth-order valence-corrected chi connectivity index (χ4v) is 2.57. The number of quaternary nitrogens is 1. The maximum Gasteiger partial charge on any atom is 0.339 e. The van der Waals surface area contributed by atoms with Gasteiger partial charge in [-0.1, -0.05) is 48.5 Å². The molecule has 134 valence electrons. The van der Waals surface area contributed by atoms with Crippen LogP contribution in [0.5, 0.6) is 0 Å². The Morgan fingerprint density at radius 2 is 1.44 bits per heavy atom. The minimum absolute atomic E-state index is 0. The second-order valence-corrected chi connectivity index (χ2v) is 5.58. The van der Waals surface area contributed by atoms with Crippen LogP contribution in [0, 0.1) is 0 Å². The first-order valence-electron chi connectivity index (χ1n) is 8.36. The number of nitrogens with one attached hydrogen (secondary N) is 1. The molecule has 0 spiro atoms. The van der Waals surface area contributed by atoms with E-state index >= 15 is 0 Å². The lowest BCUT2D eigenvalue weighted by Gasteiger charge is -2.15. The van der Waals surface area contributed by atoms with E-state index in [0.29, 0.717) is 23.3 Å². The highest BCUT2D eigenvalue weighted by molar-refractivity contribution is 6.14. The monoisotopic (exact) mass is 361 g/mol. The SMILES string of the molecule is CC[NH+](CC)CCOC(=O)c1ccccc1C(=O)c1ccccc1.[Cl-]. The Morgan fingerprint density at radius 3 is 2.04 bits per heavy atom. The molecule has 25 heavy (non-hydrogen) atoms. The molecule has 5 heteroatoms. The quantitative estimate of drug-likeness (QED) is 0.485. The second kappa shape index (κ2) is 10.6. The molecular formula is C20H24ClNO3. The summed E-state index contributed by atoms with van der Waals surface area (Å²) in [5, 5.41) is 0. The summed E-state index contributed by atoms with van der Waals surface area (Å²) < 4.78 is 5.38. The van der Waals surface area contributed by atoms with E-state index < -0.39 is 5.97 Å². The van der Waals surface area contributed by atoms with Crippen LogP contribution in [0.15, 0.2) is 54.6 Å². The molecule has 0 unspecified atom stereocenters. The van der Waals surface area contributed by atoms with Gasteiger partial charge in [0.1, 0.15) is 13.2 Å². The summed E-state index contributed by atoms with van der Waals surface area (Å²) in [4.78, 5) is 26.4. The van der Waals surface area contributed by atoms with Gasteiger partial charge in [-0.3, -0.25) is 4.79 Å². The highest BCUT2D eigenvalue weighted by Gasteiger charge is 2.19. The van der Waals surface area contributed by atoms with E-state index in [1.807, 2.05) is 6.07 Å². The summed E-state index contributed by atoms with van der Waals surface area (Å²) in [5.41, 5.74) is 1.26. The normalized spacial score (nSPS) is 10.2. The number of ether oxygens (including phenoxy) is 1. The number of carbonyl (C=O) groups is 2. The molecule has 0 aromatic heterocycles. The molecular weight excluding hydrogens is 338 g/mol. The van der Waals surface area contributed by atoms with Crippen molar-refractivity contribution in [3.63, 3.8) is 0 Å². The van der Waals surface area contributed by atoms with Gasteiger partial charge in [-0.05, 0) is 19.9 Å². The Morgan fingerprint density at radius 1 is 0.880 bits per heavy atom. The van der Waals surface area contributed by atoms with Gasteiger partial charge in [0.2, 0.25) is 0 Å². The van der Waals surface area contributed by atoms with Crippen LogP contribution in [0.2, 0.25) is 0 Å². The van der Waals surface area contributed by atoms with Gasteiger partial charge in [-0.25, -0.2) is 4.79 Å². The first-order valence-corrected chi connectivity index (χ1v) is 8.36. The molecule has 2 aromatic carbocycles. The predicted molar refractivity (Wildman–Crippen MR) is 93.5 cm³/mol. The number of ketones is 1. The zero-order valence-electron chi connectivity index (χ0n) is 14.6. The summed E-state index contributed by atoms with van der Waals surface area (Å²) in [6, 6.07) is 15.8. The number of likely N-dealkylation sites (N-methyl/N-ethyl adjacent to an activating group) is 1. The highest BCUT2D eigenvalue weighted by Crippen LogP contribution is 2.15. The van der Waals surface area contributed by atoms with E-state index in [9.17, 15) is 9.59 Å². The number of halogens is 1.